The van der Waals surface area contributed by atoms with Gasteiger partial charge in [-0.1, -0.05) is 48.0 Å². The largest absolute Gasteiger partial charge is 0.303 e. The maximum absolute atomic E-state index is 12.2. The maximum atomic E-state index is 12.2. The smallest absolute Gasteiger partial charge is 0.284 e. The lowest BCUT2D eigenvalue weighted by molar-refractivity contribution is -0.670. The molecule has 1 amide bonds. The predicted octanol–water partition coefficient (Wildman–Crippen LogP) is 2.81. The molecule has 6 nitrogen and oxygen atoms in total. The predicted molar refractivity (Wildman–Crippen MR) is 91.4 cm³/mol. The Morgan fingerprint density at radius 2 is 1.92 bits per heavy atom. The SMILES string of the molecule is Cc1ccc(-[n+]2cc(NC(=O)/C(C#N)=C\c3ccccc3)on2)cc1. The fraction of sp³-hybridized carbons (Fsp3) is 0.0526. The van der Waals surface area contributed by atoms with Gasteiger partial charge in [-0.15, -0.1) is 0 Å². The van der Waals surface area contributed by atoms with Crippen molar-refractivity contribution in [2.45, 2.75) is 6.92 Å². The number of aromatic nitrogens is 2. The van der Waals surface area contributed by atoms with Crippen LogP contribution in [-0.2, 0) is 4.79 Å². The molecule has 0 aliphatic rings. The van der Waals surface area contributed by atoms with Gasteiger partial charge in [-0.2, -0.15) is 5.26 Å². The van der Waals surface area contributed by atoms with Gasteiger partial charge in [-0.05, 0) is 23.2 Å². The van der Waals surface area contributed by atoms with Crippen LogP contribution in [-0.4, -0.2) is 11.2 Å². The third-order valence-corrected chi connectivity index (χ3v) is 3.48. The molecule has 0 unspecified atom stereocenters. The van der Waals surface area contributed by atoms with E-state index in [4.69, 9.17) is 4.52 Å². The molecule has 0 radical (unpaired) electrons. The number of anilines is 1. The van der Waals surface area contributed by atoms with Crippen molar-refractivity contribution < 1.29 is 14.0 Å². The summed E-state index contributed by atoms with van der Waals surface area (Å²) in [4.78, 5) is 12.2. The zero-order valence-corrected chi connectivity index (χ0v) is 13.5. The summed E-state index contributed by atoms with van der Waals surface area (Å²) < 4.78 is 6.61. The number of amides is 1. The minimum absolute atomic E-state index is 0.0236. The van der Waals surface area contributed by atoms with Crippen LogP contribution in [0.15, 0.2) is 70.9 Å². The van der Waals surface area contributed by atoms with E-state index in [9.17, 15) is 10.1 Å². The fourth-order valence-corrected chi connectivity index (χ4v) is 2.16. The Kier molecular flexibility index (Phi) is 4.67. The molecule has 3 aromatic rings. The molecule has 0 aliphatic heterocycles. The number of hydrogen-bond donors (Lipinski definition) is 1. The lowest BCUT2D eigenvalue weighted by Gasteiger charge is -1.98. The van der Waals surface area contributed by atoms with Gasteiger partial charge in [0.1, 0.15) is 11.6 Å². The topological polar surface area (TPSA) is 82.8 Å². The molecule has 1 heterocycles. The monoisotopic (exact) mass is 331 g/mol. The molecule has 0 saturated heterocycles. The number of nitrogens with zero attached hydrogens (tertiary/aromatic N) is 3. The molecule has 2 aromatic carbocycles. The highest BCUT2D eigenvalue weighted by atomic mass is 16.5. The van der Waals surface area contributed by atoms with Crippen LogP contribution in [0.25, 0.3) is 11.8 Å². The van der Waals surface area contributed by atoms with Gasteiger partial charge in [-0.3, -0.25) is 14.6 Å². The molecule has 122 valence electrons. The lowest BCUT2D eigenvalue weighted by atomic mass is 10.1. The molecule has 0 atom stereocenters. The number of nitrogens with one attached hydrogen (secondary N) is 1. The zero-order valence-electron chi connectivity index (χ0n) is 13.5. The number of carbonyl (C=O) groups is 1. The number of nitriles is 1. The van der Waals surface area contributed by atoms with Crippen molar-refractivity contribution in [3.05, 3.63) is 77.5 Å². The minimum atomic E-state index is -0.557. The van der Waals surface area contributed by atoms with Crippen molar-refractivity contribution in [3.8, 4) is 11.8 Å². The Balaban J connectivity index is 1.76. The van der Waals surface area contributed by atoms with Crippen molar-refractivity contribution in [2.24, 2.45) is 0 Å². The highest BCUT2D eigenvalue weighted by Crippen LogP contribution is 2.10. The zero-order chi connectivity index (χ0) is 17.6. The lowest BCUT2D eigenvalue weighted by Crippen LogP contribution is -2.31. The van der Waals surface area contributed by atoms with Gasteiger partial charge in [0.25, 0.3) is 12.1 Å². The number of aryl methyl sites for hydroxylation is 1. The Morgan fingerprint density at radius 1 is 1.20 bits per heavy atom. The molecule has 1 N–H and O–H groups in total. The summed E-state index contributed by atoms with van der Waals surface area (Å²) >= 11 is 0. The van der Waals surface area contributed by atoms with E-state index in [-0.39, 0.29) is 11.5 Å². The second-order valence-electron chi connectivity index (χ2n) is 5.38. The van der Waals surface area contributed by atoms with Crippen molar-refractivity contribution in [3.63, 3.8) is 0 Å². The van der Waals surface area contributed by atoms with Gasteiger partial charge in [0.05, 0.1) is 0 Å². The number of carbonyl (C=O) groups excluding carboxylic acids is 1. The Morgan fingerprint density at radius 3 is 2.60 bits per heavy atom. The molecular formula is C19H15N4O2+. The molecule has 25 heavy (non-hydrogen) atoms. The molecule has 0 fully saturated rings. The van der Waals surface area contributed by atoms with Crippen LogP contribution in [0.4, 0.5) is 5.88 Å². The number of rotatable bonds is 4. The van der Waals surface area contributed by atoms with Crippen LogP contribution in [0, 0.1) is 18.3 Å². The van der Waals surface area contributed by atoms with Crippen molar-refractivity contribution >= 4 is 17.9 Å². The van der Waals surface area contributed by atoms with E-state index in [0.717, 1.165) is 16.8 Å². The summed E-state index contributed by atoms with van der Waals surface area (Å²) in [7, 11) is 0. The van der Waals surface area contributed by atoms with Gasteiger partial charge < -0.3 is 0 Å². The molecule has 0 aliphatic carbocycles. The summed E-state index contributed by atoms with van der Waals surface area (Å²) in [6.07, 6.45) is 3.06. The third-order valence-electron chi connectivity index (χ3n) is 3.48. The van der Waals surface area contributed by atoms with Crippen LogP contribution in [0.1, 0.15) is 11.1 Å². The highest BCUT2D eigenvalue weighted by molar-refractivity contribution is 6.09. The molecular weight excluding hydrogens is 316 g/mol. The van der Waals surface area contributed by atoms with Crippen LogP contribution in [0.2, 0.25) is 0 Å². The first-order valence-electron chi connectivity index (χ1n) is 7.59. The molecule has 3 rings (SSSR count). The van der Waals surface area contributed by atoms with Crippen LogP contribution in [0.5, 0.6) is 0 Å². The minimum Gasteiger partial charge on any atom is -0.284 e. The summed E-state index contributed by atoms with van der Waals surface area (Å²) in [5.74, 6) is -0.404. The summed E-state index contributed by atoms with van der Waals surface area (Å²) in [6, 6.07) is 18.7. The van der Waals surface area contributed by atoms with E-state index in [2.05, 4.69) is 10.6 Å². The van der Waals surface area contributed by atoms with Gasteiger partial charge in [-0.25, -0.2) is 0 Å². The van der Waals surface area contributed by atoms with Gasteiger partial charge in [0.2, 0.25) is 11.0 Å². The van der Waals surface area contributed by atoms with E-state index in [1.165, 1.54) is 10.8 Å². The van der Waals surface area contributed by atoms with Crippen LogP contribution < -0.4 is 10.00 Å². The molecule has 6 heteroatoms. The average molecular weight is 331 g/mol. The number of benzene rings is 2. The first-order chi connectivity index (χ1) is 12.2. The van der Waals surface area contributed by atoms with Crippen molar-refractivity contribution in [2.75, 3.05) is 5.32 Å². The van der Waals surface area contributed by atoms with Gasteiger partial charge in [0, 0.05) is 12.1 Å². The molecule has 0 saturated carbocycles. The Hall–Kier alpha value is -3.72. The van der Waals surface area contributed by atoms with Gasteiger partial charge in [0.15, 0.2) is 0 Å². The average Bonchev–Trinajstić information content (AvgIpc) is 3.09. The Bertz CT molecular complexity index is 951. The third kappa shape index (κ3) is 3.98. The van der Waals surface area contributed by atoms with Gasteiger partial charge >= 0.3 is 5.88 Å². The van der Waals surface area contributed by atoms with E-state index < -0.39 is 5.91 Å². The van der Waals surface area contributed by atoms with E-state index >= 15 is 0 Å². The Labute approximate surface area is 144 Å². The van der Waals surface area contributed by atoms with Crippen molar-refractivity contribution in [1.29, 1.82) is 5.26 Å². The maximum Gasteiger partial charge on any atom is 0.303 e. The van der Waals surface area contributed by atoms with E-state index in [1.54, 1.807) is 6.20 Å². The second kappa shape index (κ2) is 7.23. The van der Waals surface area contributed by atoms with Crippen LogP contribution >= 0.6 is 0 Å². The normalized spacial score (nSPS) is 11.0. The summed E-state index contributed by atoms with van der Waals surface area (Å²) in [5, 5.41) is 15.6. The quantitative estimate of drug-likeness (QED) is 0.453. The van der Waals surface area contributed by atoms with E-state index in [1.807, 2.05) is 67.6 Å². The first-order valence-corrected chi connectivity index (χ1v) is 7.59. The fourth-order valence-electron chi connectivity index (χ4n) is 2.16. The second-order valence-corrected chi connectivity index (χ2v) is 5.38. The van der Waals surface area contributed by atoms with Crippen molar-refractivity contribution in [1.82, 2.24) is 5.27 Å². The molecule has 0 spiro atoms. The number of hydrogen-bond acceptors (Lipinski definition) is 4. The molecule has 1 aromatic heterocycles. The first kappa shape index (κ1) is 16.1. The summed E-state index contributed by atoms with van der Waals surface area (Å²) in [6.45, 7) is 1.99. The highest BCUT2D eigenvalue weighted by Gasteiger charge is 2.18. The van der Waals surface area contributed by atoms with Crippen LogP contribution in [0.3, 0.4) is 0 Å². The van der Waals surface area contributed by atoms with E-state index in [0.29, 0.717) is 0 Å². The molecule has 0 bridgehead atoms. The summed E-state index contributed by atoms with van der Waals surface area (Å²) in [5.41, 5.74) is 2.67. The standard InChI is InChI=1S/C19H14N4O2/c1-14-7-9-17(10-8-14)23-13-18(25-22-23)21-19(24)16(12-20)11-15-5-3-2-4-6-15/h2-11,13H,1H3/p+1/b16-11-.